The third-order valence-corrected chi connectivity index (χ3v) is 14.4. The molecule has 11 heteroatoms. The van der Waals surface area contributed by atoms with Crippen LogP contribution in [-0.4, -0.2) is 97.7 Å². The normalized spacial score (nSPS) is 46.2. The maximum absolute atomic E-state index is 14.4. The summed E-state index contributed by atoms with van der Waals surface area (Å²) in [4.78, 5) is 26.4. The Balaban J connectivity index is 1.31. The van der Waals surface area contributed by atoms with Crippen molar-refractivity contribution >= 4 is 11.8 Å². The van der Waals surface area contributed by atoms with Crippen LogP contribution in [0.1, 0.15) is 133 Å². The third-order valence-electron chi connectivity index (χ3n) is 14.4. The maximum atomic E-state index is 14.4. The van der Waals surface area contributed by atoms with Gasteiger partial charge in [-0.2, -0.15) is 0 Å². The van der Waals surface area contributed by atoms with Gasteiger partial charge in [-0.05, 0) is 95.6 Å². The van der Waals surface area contributed by atoms with Gasteiger partial charge in [0, 0.05) is 30.1 Å². The summed E-state index contributed by atoms with van der Waals surface area (Å²) in [6.07, 6.45) is 5.51. The number of carbonyl (C=O) groups excluding carboxylic acids is 1. The van der Waals surface area contributed by atoms with Crippen molar-refractivity contribution in [1.29, 1.82) is 0 Å². The van der Waals surface area contributed by atoms with Crippen molar-refractivity contribution in [1.82, 2.24) is 0 Å². The Morgan fingerprint density at radius 3 is 2.17 bits per heavy atom. The van der Waals surface area contributed by atoms with Crippen LogP contribution in [0, 0.1) is 41.4 Å². The Hall–Kier alpha value is -1.44. The number of ether oxygens (including phenoxy) is 5. The number of hydrogen-bond donors (Lipinski definition) is 4. The first kappa shape index (κ1) is 42.7. The first-order valence-electron chi connectivity index (χ1n) is 20.7. The number of aliphatic hydroxyl groups is 3. The van der Waals surface area contributed by atoms with Crippen LogP contribution < -0.4 is 0 Å². The highest BCUT2D eigenvalue weighted by Gasteiger charge is 2.63. The van der Waals surface area contributed by atoms with Crippen LogP contribution in [0.5, 0.6) is 0 Å². The van der Waals surface area contributed by atoms with E-state index in [-0.39, 0.29) is 41.8 Å². The molecule has 18 atom stereocenters. The molecule has 5 rings (SSSR count). The van der Waals surface area contributed by atoms with Crippen LogP contribution in [0.25, 0.3) is 0 Å². The van der Waals surface area contributed by atoms with E-state index in [1.165, 1.54) is 0 Å². The highest BCUT2D eigenvalue weighted by molar-refractivity contribution is 5.84. The van der Waals surface area contributed by atoms with Gasteiger partial charge < -0.3 is 44.1 Å². The highest BCUT2D eigenvalue weighted by Crippen LogP contribution is 2.54. The van der Waals surface area contributed by atoms with Crippen molar-refractivity contribution in [2.45, 2.75) is 199 Å². The number of aliphatic carboxylic acids is 1. The number of carbonyl (C=O) groups is 2. The topological polar surface area (TPSA) is 161 Å². The van der Waals surface area contributed by atoms with Gasteiger partial charge >= 0.3 is 5.97 Å². The number of carboxylic acid groups (broad SMARTS) is 1. The summed E-state index contributed by atoms with van der Waals surface area (Å²) in [5.74, 6) is -5.78. The molecule has 4 saturated heterocycles. The van der Waals surface area contributed by atoms with Crippen molar-refractivity contribution in [3.05, 3.63) is 12.2 Å². The largest absolute Gasteiger partial charge is 0.481 e. The average molecular weight is 751 g/mol. The van der Waals surface area contributed by atoms with E-state index in [2.05, 4.69) is 20.8 Å². The monoisotopic (exact) mass is 750 g/mol. The van der Waals surface area contributed by atoms with E-state index in [0.717, 1.165) is 6.42 Å². The van der Waals surface area contributed by atoms with Crippen LogP contribution in [0.4, 0.5) is 0 Å². The van der Waals surface area contributed by atoms with Crippen molar-refractivity contribution in [2.75, 3.05) is 0 Å². The lowest BCUT2D eigenvalue weighted by molar-refractivity contribution is -0.409. The van der Waals surface area contributed by atoms with E-state index in [1.54, 1.807) is 19.1 Å². The summed E-state index contributed by atoms with van der Waals surface area (Å²) in [6, 6.07) is 0. The molecule has 0 saturated carbocycles. The van der Waals surface area contributed by atoms with Gasteiger partial charge in [-0.1, -0.05) is 55.4 Å². The fourth-order valence-electron chi connectivity index (χ4n) is 10.5. The van der Waals surface area contributed by atoms with E-state index in [9.17, 15) is 30.0 Å². The molecule has 5 heterocycles. The molecule has 0 radical (unpaired) electrons. The number of aliphatic hydroxyl groups excluding tert-OH is 2. The summed E-state index contributed by atoms with van der Waals surface area (Å²) in [7, 11) is 0. The Morgan fingerprint density at radius 1 is 0.887 bits per heavy atom. The van der Waals surface area contributed by atoms with Crippen molar-refractivity contribution in [3.8, 4) is 0 Å². The summed E-state index contributed by atoms with van der Waals surface area (Å²) < 4.78 is 33.5. The average Bonchev–Trinajstić information content (AvgIpc) is 3.47. The zero-order valence-corrected chi connectivity index (χ0v) is 34.0. The molecule has 304 valence electrons. The van der Waals surface area contributed by atoms with E-state index >= 15 is 0 Å². The third kappa shape index (κ3) is 7.94. The number of ketones is 1. The van der Waals surface area contributed by atoms with Crippen molar-refractivity contribution < 1.29 is 53.7 Å². The minimum atomic E-state index is -1.37. The van der Waals surface area contributed by atoms with Crippen LogP contribution in [0.15, 0.2) is 12.2 Å². The standard InChI is InChI=1S/C42H70O11/c1-11-29(38(46)47)31-15-14-23(4)36(50-31)27(8)34(44)26(7)35(45)30(12-2)37-24(5)22-25(6)41(51-37)19-16-32(43)42(53-41)21-20-39(10,52-42)33-17-18-40(48,13-3)28(9)49-33/h16,19,23-34,36-37,43-44,48H,11-15,17-18,20-22H2,1-10H3,(H,46,47)/t23-,24-,25+,26-,27-,28-,29?,30-,31?,32+,33+,34+,36?,37-,39-,40+,41-,42-/m0/s1. The van der Waals surface area contributed by atoms with Crippen LogP contribution in [0.3, 0.4) is 0 Å². The van der Waals surface area contributed by atoms with Gasteiger partial charge in [-0.3, -0.25) is 9.59 Å². The van der Waals surface area contributed by atoms with E-state index in [4.69, 9.17) is 23.7 Å². The Bertz CT molecular complexity index is 1320. The molecule has 5 aliphatic heterocycles. The maximum Gasteiger partial charge on any atom is 0.309 e. The Kier molecular flexibility index (Phi) is 13.0. The zero-order valence-electron chi connectivity index (χ0n) is 34.0. The van der Waals surface area contributed by atoms with E-state index in [0.29, 0.717) is 57.8 Å². The molecule has 2 spiro atoms. The zero-order chi connectivity index (χ0) is 39.3. The highest BCUT2D eigenvalue weighted by atomic mass is 16.8. The molecule has 53 heavy (non-hydrogen) atoms. The fraction of sp³-hybridized carbons (Fsp3) is 0.905. The minimum Gasteiger partial charge on any atom is -0.481 e. The second-order valence-electron chi connectivity index (χ2n) is 17.9. The summed E-state index contributed by atoms with van der Waals surface area (Å²) in [5, 5.41) is 44.0. The van der Waals surface area contributed by atoms with E-state index in [1.807, 2.05) is 41.5 Å². The van der Waals surface area contributed by atoms with Gasteiger partial charge in [0.1, 0.15) is 11.9 Å². The van der Waals surface area contributed by atoms with Gasteiger partial charge in [-0.25, -0.2) is 0 Å². The first-order valence-corrected chi connectivity index (χ1v) is 20.7. The second kappa shape index (κ2) is 16.2. The fourth-order valence-corrected chi connectivity index (χ4v) is 10.5. The molecule has 5 aliphatic rings. The second-order valence-corrected chi connectivity index (χ2v) is 17.9. The molecule has 0 aromatic carbocycles. The lowest BCUT2D eigenvalue weighted by atomic mass is 9.72. The van der Waals surface area contributed by atoms with Gasteiger partial charge in [0.2, 0.25) is 5.79 Å². The summed E-state index contributed by atoms with van der Waals surface area (Å²) >= 11 is 0. The van der Waals surface area contributed by atoms with Gasteiger partial charge in [0.25, 0.3) is 0 Å². The number of hydrogen-bond acceptors (Lipinski definition) is 10. The predicted molar refractivity (Wildman–Crippen MR) is 199 cm³/mol. The van der Waals surface area contributed by atoms with Crippen LogP contribution >= 0.6 is 0 Å². The summed E-state index contributed by atoms with van der Waals surface area (Å²) in [6.45, 7) is 19.6. The molecular formula is C42H70O11. The Labute approximate surface area is 317 Å². The minimum absolute atomic E-state index is 0.0137. The molecule has 3 unspecified atom stereocenters. The molecular weight excluding hydrogens is 680 g/mol. The molecule has 0 aromatic heterocycles. The molecule has 0 amide bonds. The molecule has 4 N–H and O–H groups in total. The van der Waals surface area contributed by atoms with Crippen molar-refractivity contribution in [2.24, 2.45) is 41.4 Å². The lowest BCUT2D eigenvalue weighted by Crippen LogP contribution is -2.63. The molecule has 4 fully saturated rings. The number of Topliss-reactive ketones (excluding diaryl/α,β-unsaturated/α-hetero) is 1. The van der Waals surface area contributed by atoms with Crippen molar-refractivity contribution in [3.63, 3.8) is 0 Å². The van der Waals surface area contributed by atoms with Gasteiger partial charge in [0.15, 0.2) is 5.79 Å². The molecule has 0 aliphatic carbocycles. The molecule has 11 nitrogen and oxygen atoms in total. The number of rotatable bonds is 12. The smallest absolute Gasteiger partial charge is 0.309 e. The molecule has 0 bridgehead atoms. The van der Waals surface area contributed by atoms with Gasteiger partial charge in [0.05, 0.1) is 53.7 Å². The Morgan fingerprint density at radius 2 is 1.57 bits per heavy atom. The summed E-state index contributed by atoms with van der Waals surface area (Å²) in [5.41, 5.74) is -1.63. The van der Waals surface area contributed by atoms with Gasteiger partial charge in [-0.15, -0.1) is 0 Å². The van der Waals surface area contributed by atoms with E-state index < -0.39 is 76.8 Å². The first-order chi connectivity index (χ1) is 24.8. The number of carboxylic acids is 1. The van der Waals surface area contributed by atoms with Crippen LogP contribution in [-0.2, 0) is 33.3 Å². The van der Waals surface area contributed by atoms with Crippen LogP contribution in [0.2, 0.25) is 0 Å². The predicted octanol–water partition coefficient (Wildman–Crippen LogP) is 6.19. The SMILES string of the molecule is CCC(C(=O)O)C1CC[C@H](C)C([C@@H](C)[C@H](O)[C@H](C)C(=O)[C@H](CC)[C@H]2O[C@]3(C=C[C@@H](O)[C@]4(CC[C@@](C)([C@H]5CC[C@](O)(CC)[C@H](C)O5)O4)O3)[C@H](C)C[C@@H]2C)O1. The quantitative estimate of drug-likeness (QED) is 0.169. The lowest BCUT2D eigenvalue weighted by Gasteiger charge is -2.54. The molecule has 0 aromatic rings.